The summed E-state index contributed by atoms with van der Waals surface area (Å²) in [5.41, 5.74) is 3.67. The Morgan fingerprint density at radius 1 is 1.08 bits per heavy atom. The van der Waals surface area contributed by atoms with E-state index in [1.807, 2.05) is 62.4 Å². The predicted molar refractivity (Wildman–Crippen MR) is 98.4 cm³/mol. The molecule has 0 aromatic heterocycles. The zero-order chi connectivity index (χ0) is 17.6. The number of carbonyl (C=O) groups is 1. The molecule has 4 nitrogen and oxygen atoms in total. The molecule has 24 heavy (non-hydrogen) atoms. The molecule has 0 saturated heterocycles. The number of aryl methyl sites for hydroxylation is 2. The highest BCUT2D eigenvalue weighted by molar-refractivity contribution is 5.89. The minimum absolute atomic E-state index is 0.232. The fraction of sp³-hybridized carbons (Fsp3) is 0.350. The Morgan fingerprint density at radius 2 is 1.79 bits per heavy atom. The van der Waals surface area contributed by atoms with Crippen LogP contribution in [-0.2, 0) is 10.3 Å². The summed E-state index contributed by atoms with van der Waals surface area (Å²) in [6, 6.07) is 15.6. The van der Waals surface area contributed by atoms with Crippen molar-refractivity contribution in [3.63, 3.8) is 0 Å². The van der Waals surface area contributed by atoms with Crippen LogP contribution in [0.5, 0.6) is 0 Å². The summed E-state index contributed by atoms with van der Waals surface area (Å²) >= 11 is 0. The second kappa shape index (κ2) is 7.97. The zero-order valence-electron chi connectivity index (χ0n) is 14.8. The predicted octanol–water partition coefficient (Wildman–Crippen LogP) is 4.38. The lowest BCUT2D eigenvalue weighted by Gasteiger charge is -2.32. The number of nitrogens with one attached hydrogen (secondary N) is 2. The van der Waals surface area contributed by atoms with Crippen molar-refractivity contribution in [3.8, 4) is 0 Å². The van der Waals surface area contributed by atoms with Gasteiger partial charge in [0.1, 0.15) is 5.60 Å². The van der Waals surface area contributed by atoms with E-state index < -0.39 is 5.60 Å². The van der Waals surface area contributed by atoms with E-state index in [1.54, 1.807) is 7.11 Å². The molecule has 0 saturated carbocycles. The molecule has 0 unspecified atom stereocenters. The van der Waals surface area contributed by atoms with E-state index in [-0.39, 0.29) is 6.03 Å². The Kier molecular flexibility index (Phi) is 5.99. The summed E-state index contributed by atoms with van der Waals surface area (Å²) in [6.07, 6.45) is 0.761. The number of hydrogen-bond acceptors (Lipinski definition) is 2. The Labute approximate surface area is 144 Å². The third kappa shape index (κ3) is 4.15. The van der Waals surface area contributed by atoms with Gasteiger partial charge in [-0.05, 0) is 49.1 Å². The molecule has 0 fully saturated rings. The number of benzene rings is 2. The maximum Gasteiger partial charge on any atom is 0.319 e. The molecule has 2 N–H and O–H groups in total. The minimum Gasteiger partial charge on any atom is -0.372 e. The lowest BCUT2D eigenvalue weighted by atomic mass is 9.91. The smallest absolute Gasteiger partial charge is 0.319 e. The van der Waals surface area contributed by atoms with Gasteiger partial charge >= 0.3 is 6.03 Å². The fourth-order valence-corrected chi connectivity index (χ4v) is 2.72. The highest BCUT2D eigenvalue weighted by Crippen LogP contribution is 2.28. The van der Waals surface area contributed by atoms with Crippen molar-refractivity contribution in [1.82, 2.24) is 5.32 Å². The van der Waals surface area contributed by atoms with Crippen LogP contribution in [0.15, 0.2) is 48.5 Å². The average Bonchev–Trinajstić information content (AvgIpc) is 2.60. The third-order valence-electron chi connectivity index (χ3n) is 4.56. The van der Waals surface area contributed by atoms with Crippen LogP contribution >= 0.6 is 0 Å². The zero-order valence-corrected chi connectivity index (χ0v) is 14.8. The number of carbonyl (C=O) groups excluding carboxylic acids is 1. The number of hydrogen-bond donors (Lipinski definition) is 2. The molecule has 0 bridgehead atoms. The number of rotatable bonds is 6. The van der Waals surface area contributed by atoms with Crippen molar-refractivity contribution < 1.29 is 9.53 Å². The van der Waals surface area contributed by atoms with Crippen LogP contribution in [0.25, 0.3) is 0 Å². The maximum atomic E-state index is 12.2. The first-order valence-electron chi connectivity index (χ1n) is 8.23. The third-order valence-corrected chi connectivity index (χ3v) is 4.56. The van der Waals surface area contributed by atoms with Crippen molar-refractivity contribution in [2.24, 2.45) is 0 Å². The molecule has 2 rings (SSSR count). The molecular formula is C20H26N2O2. The number of urea groups is 1. The van der Waals surface area contributed by atoms with Gasteiger partial charge in [0.25, 0.3) is 0 Å². The van der Waals surface area contributed by atoms with Crippen molar-refractivity contribution in [2.75, 3.05) is 19.0 Å². The summed E-state index contributed by atoms with van der Waals surface area (Å²) in [4.78, 5) is 12.2. The van der Waals surface area contributed by atoms with Gasteiger partial charge in [-0.15, -0.1) is 0 Å². The largest absolute Gasteiger partial charge is 0.372 e. The van der Waals surface area contributed by atoms with E-state index in [2.05, 4.69) is 17.6 Å². The van der Waals surface area contributed by atoms with E-state index in [9.17, 15) is 4.79 Å². The molecule has 0 radical (unpaired) electrons. The monoisotopic (exact) mass is 326 g/mol. The first kappa shape index (κ1) is 18.0. The van der Waals surface area contributed by atoms with Gasteiger partial charge in [0.2, 0.25) is 0 Å². The average molecular weight is 326 g/mol. The number of anilines is 1. The fourth-order valence-electron chi connectivity index (χ4n) is 2.72. The summed E-state index contributed by atoms with van der Waals surface area (Å²) in [5.74, 6) is 0. The summed E-state index contributed by atoms with van der Waals surface area (Å²) in [6.45, 7) is 6.54. The molecule has 128 valence electrons. The Bertz CT molecular complexity index is 679. The summed E-state index contributed by atoms with van der Waals surface area (Å²) < 4.78 is 5.77. The molecule has 1 atom stereocenters. The first-order chi connectivity index (χ1) is 11.5. The van der Waals surface area contributed by atoms with Crippen LogP contribution in [0.4, 0.5) is 10.5 Å². The van der Waals surface area contributed by atoms with Gasteiger partial charge in [0.05, 0.1) is 6.54 Å². The van der Waals surface area contributed by atoms with Crippen molar-refractivity contribution in [3.05, 3.63) is 65.2 Å². The van der Waals surface area contributed by atoms with Gasteiger partial charge in [-0.3, -0.25) is 0 Å². The molecule has 2 aromatic carbocycles. The van der Waals surface area contributed by atoms with Gasteiger partial charge in [-0.25, -0.2) is 4.79 Å². The van der Waals surface area contributed by atoms with Gasteiger partial charge in [0, 0.05) is 12.8 Å². The number of methoxy groups -OCH3 is 1. The number of amides is 2. The molecule has 0 heterocycles. The molecule has 0 aliphatic rings. The quantitative estimate of drug-likeness (QED) is 0.828. The van der Waals surface area contributed by atoms with Crippen molar-refractivity contribution >= 4 is 11.7 Å². The van der Waals surface area contributed by atoms with E-state index in [0.717, 1.165) is 23.2 Å². The first-order valence-corrected chi connectivity index (χ1v) is 8.23. The Hall–Kier alpha value is -2.33. The van der Waals surface area contributed by atoms with Crippen molar-refractivity contribution in [2.45, 2.75) is 32.8 Å². The molecule has 2 amide bonds. The van der Waals surface area contributed by atoms with Crippen LogP contribution in [0, 0.1) is 13.8 Å². The molecule has 0 aliphatic carbocycles. The molecule has 0 aliphatic heterocycles. The van der Waals surface area contributed by atoms with Gasteiger partial charge in [-0.1, -0.05) is 43.3 Å². The van der Waals surface area contributed by atoms with Crippen LogP contribution in [-0.4, -0.2) is 19.7 Å². The van der Waals surface area contributed by atoms with Gasteiger partial charge < -0.3 is 15.4 Å². The van der Waals surface area contributed by atoms with E-state index in [0.29, 0.717) is 6.54 Å². The SMILES string of the molecule is CC[C@@](CNC(=O)Nc1ccc(C)c(C)c1)(OC)c1ccccc1. The van der Waals surface area contributed by atoms with Crippen LogP contribution in [0.1, 0.15) is 30.0 Å². The van der Waals surface area contributed by atoms with E-state index >= 15 is 0 Å². The van der Waals surface area contributed by atoms with Gasteiger partial charge in [0.15, 0.2) is 0 Å². The lowest BCUT2D eigenvalue weighted by molar-refractivity contribution is -0.0149. The van der Waals surface area contributed by atoms with Crippen molar-refractivity contribution in [1.29, 1.82) is 0 Å². The summed E-state index contributed by atoms with van der Waals surface area (Å²) in [7, 11) is 1.68. The topological polar surface area (TPSA) is 50.4 Å². The van der Waals surface area contributed by atoms with Crippen LogP contribution in [0.2, 0.25) is 0 Å². The standard InChI is InChI=1S/C20H26N2O2/c1-5-20(24-4,17-9-7-6-8-10-17)14-21-19(23)22-18-12-11-15(2)16(3)13-18/h6-13H,5,14H2,1-4H3,(H2,21,22,23)/t20-/m0/s1. The lowest BCUT2D eigenvalue weighted by Crippen LogP contribution is -2.43. The minimum atomic E-state index is -0.526. The highest BCUT2D eigenvalue weighted by atomic mass is 16.5. The molecule has 4 heteroatoms. The van der Waals surface area contributed by atoms with Crippen LogP contribution < -0.4 is 10.6 Å². The molecule has 2 aromatic rings. The molecular weight excluding hydrogens is 300 g/mol. The summed E-state index contributed by atoms with van der Waals surface area (Å²) in [5, 5.41) is 5.81. The second-order valence-corrected chi connectivity index (χ2v) is 6.02. The highest BCUT2D eigenvalue weighted by Gasteiger charge is 2.30. The van der Waals surface area contributed by atoms with Crippen LogP contribution in [0.3, 0.4) is 0 Å². The second-order valence-electron chi connectivity index (χ2n) is 6.02. The normalized spacial score (nSPS) is 13.2. The number of ether oxygens (including phenoxy) is 1. The Balaban J connectivity index is 2.04. The van der Waals surface area contributed by atoms with E-state index in [1.165, 1.54) is 5.56 Å². The van der Waals surface area contributed by atoms with E-state index in [4.69, 9.17) is 4.74 Å². The molecule has 0 spiro atoms. The maximum absolute atomic E-state index is 12.2. The Morgan fingerprint density at radius 3 is 2.38 bits per heavy atom. The van der Waals surface area contributed by atoms with Gasteiger partial charge in [-0.2, -0.15) is 0 Å².